The summed E-state index contributed by atoms with van der Waals surface area (Å²) in [6.07, 6.45) is 1.82. The van der Waals surface area contributed by atoms with Crippen molar-refractivity contribution >= 4 is 17.7 Å². The van der Waals surface area contributed by atoms with Crippen molar-refractivity contribution in [2.45, 2.75) is 50.7 Å². The Labute approximate surface area is 208 Å². The Morgan fingerprint density at radius 2 is 2.00 bits per heavy atom. The van der Waals surface area contributed by atoms with E-state index in [4.69, 9.17) is 9.72 Å². The van der Waals surface area contributed by atoms with Gasteiger partial charge in [0.1, 0.15) is 11.9 Å². The summed E-state index contributed by atoms with van der Waals surface area (Å²) in [4.78, 5) is 25.8. The largest absolute Gasteiger partial charge is 0.480 e. The number of ether oxygens (including phenoxy) is 1. The number of carboxylic acid groups (broad SMARTS) is 1. The molecule has 0 fully saturated rings. The molecule has 1 atom stereocenters. The Hall–Kier alpha value is -2.99. The molecule has 0 spiro atoms. The molecule has 1 aliphatic rings. The topological polar surface area (TPSA) is 113 Å². The molecule has 0 bridgehead atoms. The molecular weight excluding hydrogens is 477 g/mol. The normalized spacial score (nSPS) is 14.2. The zero-order chi connectivity index (χ0) is 26.0. The molecule has 2 aromatic rings. The van der Waals surface area contributed by atoms with E-state index in [1.54, 1.807) is 7.11 Å². The van der Waals surface area contributed by atoms with E-state index >= 15 is 0 Å². The highest BCUT2D eigenvalue weighted by molar-refractivity contribution is 5.76. The van der Waals surface area contributed by atoms with Crippen molar-refractivity contribution in [3.05, 3.63) is 41.3 Å². The number of halogens is 3. The second-order valence-corrected chi connectivity index (χ2v) is 8.75. The van der Waals surface area contributed by atoms with Crippen LogP contribution in [-0.4, -0.2) is 76.9 Å². The van der Waals surface area contributed by atoms with Crippen molar-refractivity contribution in [1.82, 2.24) is 19.9 Å². The van der Waals surface area contributed by atoms with E-state index in [-0.39, 0.29) is 12.4 Å². The van der Waals surface area contributed by atoms with Gasteiger partial charge in [0, 0.05) is 44.8 Å². The lowest BCUT2D eigenvalue weighted by molar-refractivity contribution is -0.139. The van der Waals surface area contributed by atoms with Crippen LogP contribution >= 0.6 is 0 Å². The number of hydrogen-bond donors (Lipinski definition) is 3. The molecule has 0 aliphatic carbocycles. The predicted octanol–water partition coefficient (Wildman–Crippen LogP) is 3.48. The van der Waals surface area contributed by atoms with E-state index in [1.165, 1.54) is 5.56 Å². The number of aromatic nitrogens is 3. The Morgan fingerprint density at radius 3 is 2.69 bits per heavy atom. The van der Waals surface area contributed by atoms with Gasteiger partial charge in [-0.15, -0.1) is 0 Å². The summed E-state index contributed by atoms with van der Waals surface area (Å²) >= 11 is 0. The minimum absolute atomic E-state index is 0.161. The Balaban J connectivity index is 1.48. The Kier molecular flexibility index (Phi) is 10.2. The molecule has 198 valence electrons. The number of unbranched alkanes of at least 4 members (excludes halogenated alkanes) is 1. The van der Waals surface area contributed by atoms with Crippen molar-refractivity contribution in [2.75, 3.05) is 50.5 Å². The fourth-order valence-electron chi connectivity index (χ4n) is 3.98. The zero-order valence-corrected chi connectivity index (χ0v) is 20.4. The molecule has 36 heavy (non-hydrogen) atoms. The van der Waals surface area contributed by atoms with Gasteiger partial charge in [0.05, 0.1) is 12.2 Å². The molecule has 1 aliphatic heterocycles. The van der Waals surface area contributed by atoms with Gasteiger partial charge in [-0.1, -0.05) is 6.07 Å². The number of aliphatic carboxylic acids is 1. The maximum atomic E-state index is 12.7. The fraction of sp³-hybridized carbons (Fsp3) is 0.583. The van der Waals surface area contributed by atoms with E-state index in [0.717, 1.165) is 56.7 Å². The number of rotatable bonds is 14. The van der Waals surface area contributed by atoms with Gasteiger partial charge in [-0.2, -0.15) is 13.2 Å². The average Bonchev–Trinajstić information content (AvgIpc) is 2.86. The van der Waals surface area contributed by atoms with Gasteiger partial charge in [0.25, 0.3) is 0 Å². The summed E-state index contributed by atoms with van der Waals surface area (Å²) in [5.74, 6) is -0.298. The number of hydrogen-bond acceptors (Lipinski definition) is 8. The maximum Gasteiger partial charge on any atom is 0.419 e. The van der Waals surface area contributed by atoms with Crippen molar-refractivity contribution in [2.24, 2.45) is 0 Å². The van der Waals surface area contributed by atoms with Crippen LogP contribution in [0.1, 0.15) is 42.5 Å². The second kappa shape index (κ2) is 13.4. The SMILES string of the molecule is COCCN(CCCCc1ccc2c(n1)NCCC2)CCC(Nc1ncc(C(F)(F)F)cn1)C(=O)O. The standard InChI is InChI=1S/C24H33F3N6O3/c1-36-14-13-33(11-3-2-6-19-8-7-17-5-4-10-28-21(17)31-19)12-9-20(22(34)35)32-23-29-15-18(16-30-23)24(25,26)27/h7-8,15-16,20H,2-6,9-14H2,1H3,(H,28,31)(H,34,35)(H,29,30,32). The number of nitrogens with one attached hydrogen (secondary N) is 2. The van der Waals surface area contributed by atoms with Gasteiger partial charge < -0.3 is 25.4 Å². The van der Waals surface area contributed by atoms with E-state index in [0.29, 0.717) is 32.1 Å². The smallest absolute Gasteiger partial charge is 0.419 e. The number of nitrogens with zero attached hydrogens (tertiary/aromatic N) is 4. The molecule has 1 unspecified atom stereocenters. The third-order valence-corrected chi connectivity index (χ3v) is 6.04. The number of fused-ring (bicyclic) bond motifs is 1. The molecule has 3 N–H and O–H groups in total. The molecule has 12 heteroatoms. The molecule has 0 amide bonds. The number of carbonyl (C=O) groups is 1. The molecule has 0 aromatic carbocycles. The lowest BCUT2D eigenvalue weighted by atomic mass is 10.1. The van der Waals surface area contributed by atoms with Crippen LogP contribution in [0.25, 0.3) is 0 Å². The lowest BCUT2D eigenvalue weighted by Gasteiger charge is -2.24. The van der Waals surface area contributed by atoms with E-state index in [1.807, 2.05) is 0 Å². The predicted molar refractivity (Wildman–Crippen MR) is 129 cm³/mol. The van der Waals surface area contributed by atoms with Gasteiger partial charge in [0.15, 0.2) is 0 Å². The molecule has 2 aromatic heterocycles. The summed E-state index contributed by atoms with van der Waals surface area (Å²) < 4.78 is 43.3. The third kappa shape index (κ3) is 8.59. The first kappa shape index (κ1) is 27.6. The van der Waals surface area contributed by atoms with Crippen LogP contribution in [0, 0.1) is 0 Å². The van der Waals surface area contributed by atoms with Crippen LogP contribution in [0.2, 0.25) is 0 Å². The second-order valence-electron chi connectivity index (χ2n) is 8.75. The number of pyridine rings is 1. The molecule has 3 rings (SSSR count). The number of carboxylic acids is 1. The van der Waals surface area contributed by atoms with Gasteiger partial charge in [0.2, 0.25) is 5.95 Å². The monoisotopic (exact) mass is 510 g/mol. The summed E-state index contributed by atoms with van der Waals surface area (Å²) in [6.45, 7) is 3.33. The molecule has 0 radical (unpaired) electrons. The van der Waals surface area contributed by atoms with Crippen molar-refractivity contribution in [3.63, 3.8) is 0 Å². The zero-order valence-electron chi connectivity index (χ0n) is 20.4. The maximum absolute atomic E-state index is 12.7. The van der Waals surface area contributed by atoms with E-state index in [2.05, 4.69) is 37.6 Å². The van der Waals surface area contributed by atoms with Crippen LogP contribution in [0.15, 0.2) is 24.5 Å². The quantitative estimate of drug-likeness (QED) is 0.329. The molecule has 9 nitrogen and oxygen atoms in total. The van der Waals surface area contributed by atoms with Crippen molar-refractivity contribution in [3.8, 4) is 0 Å². The highest BCUT2D eigenvalue weighted by atomic mass is 19.4. The number of methoxy groups -OCH3 is 1. The molecular formula is C24H33F3N6O3. The minimum Gasteiger partial charge on any atom is -0.480 e. The summed E-state index contributed by atoms with van der Waals surface area (Å²) in [5.41, 5.74) is 1.32. The molecule has 0 saturated carbocycles. The summed E-state index contributed by atoms with van der Waals surface area (Å²) in [5, 5.41) is 15.6. The lowest BCUT2D eigenvalue weighted by Crippen LogP contribution is -2.37. The van der Waals surface area contributed by atoms with E-state index < -0.39 is 23.8 Å². The Bertz CT molecular complexity index is 975. The highest BCUT2D eigenvalue weighted by Gasteiger charge is 2.31. The average molecular weight is 511 g/mol. The van der Waals surface area contributed by atoms with Crippen LogP contribution in [0.3, 0.4) is 0 Å². The number of aryl methyl sites for hydroxylation is 2. The summed E-state index contributed by atoms with van der Waals surface area (Å²) in [6, 6.07) is 3.19. The molecule has 3 heterocycles. The molecule has 0 saturated heterocycles. The Morgan fingerprint density at radius 1 is 1.22 bits per heavy atom. The van der Waals surface area contributed by atoms with Crippen LogP contribution < -0.4 is 10.6 Å². The highest BCUT2D eigenvalue weighted by Crippen LogP contribution is 2.28. The van der Waals surface area contributed by atoms with Crippen LogP contribution in [0.4, 0.5) is 24.9 Å². The van der Waals surface area contributed by atoms with Crippen molar-refractivity contribution < 1.29 is 27.8 Å². The first-order chi connectivity index (χ1) is 17.3. The van der Waals surface area contributed by atoms with Gasteiger partial charge in [-0.25, -0.2) is 19.7 Å². The number of anilines is 2. The fourth-order valence-corrected chi connectivity index (χ4v) is 3.98. The minimum atomic E-state index is -4.56. The first-order valence-electron chi connectivity index (χ1n) is 12.1. The number of alkyl halides is 3. The van der Waals surface area contributed by atoms with Gasteiger partial charge in [-0.05, 0) is 56.7 Å². The van der Waals surface area contributed by atoms with Gasteiger partial charge in [-0.3, -0.25) is 0 Å². The van der Waals surface area contributed by atoms with Crippen molar-refractivity contribution in [1.29, 1.82) is 0 Å². The van der Waals surface area contributed by atoms with Gasteiger partial charge >= 0.3 is 12.1 Å². The van der Waals surface area contributed by atoms with Crippen LogP contribution in [0.5, 0.6) is 0 Å². The van der Waals surface area contributed by atoms with Crippen LogP contribution in [-0.2, 0) is 28.5 Å². The van der Waals surface area contributed by atoms with E-state index in [9.17, 15) is 23.1 Å². The first-order valence-corrected chi connectivity index (χ1v) is 12.1. The third-order valence-electron chi connectivity index (χ3n) is 6.04. The summed E-state index contributed by atoms with van der Waals surface area (Å²) in [7, 11) is 1.61.